The van der Waals surface area contributed by atoms with E-state index in [1.54, 1.807) is 0 Å². The number of benzene rings is 1. The van der Waals surface area contributed by atoms with E-state index in [1.807, 2.05) is 0 Å². The Morgan fingerprint density at radius 1 is 1.05 bits per heavy atom. The topological polar surface area (TPSA) is 60.8 Å². The molecule has 1 aromatic carbocycles. The monoisotopic (exact) mass is 581 g/mol. The van der Waals surface area contributed by atoms with Gasteiger partial charge in [0.1, 0.15) is 6.10 Å². The van der Waals surface area contributed by atoms with Gasteiger partial charge in [0, 0.05) is 47.6 Å². The highest BCUT2D eigenvalue weighted by atomic mass is 32.3. The first-order valence-electron chi connectivity index (χ1n) is 14.0. The lowest BCUT2D eigenvalue weighted by atomic mass is 9.70. The van der Waals surface area contributed by atoms with Crippen molar-refractivity contribution in [3.63, 3.8) is 0 Å². The van der Waals surface area contributed by atoms with Gasteiger partial charge in [0.25, 0.3) is 0 Å². The molecule has 2 unspecified atom stereocenters. The number of halogens is 3. The first-order chi connectivity index (χ1) is 18.5. The molecule has 5 nitrogen and oxygen atoms in total. The van der Waals surface area contributed by atoms with Gasteiger partial charge in [-0.2, -0.15) is 13.2 Å². The van der Waals surface area contributed by atoms with Crippen LogP contribution >= 0.6 is 10.3 Å². The molecule has 1 N–H and O–H groups in total. The number of nitrogens with zero attached hydrogens (tertiary/aromatic N) is 1. The summed E-state index contributed by atoms with van der Waals surface area (Å²) in [5.41, 5.74) is 3.45. The van der Waals surface area contributed by atoms with Gasteiger partial charge < -0.3 is 18.8 Å². The summed E-state index contributed by atoms with van der Waals surface area (Å²) in [5, 5.41) is 10.6. The summed E-state index contributed by atoms with van der Waals surface area (Å²) in [7, 11) is -1.50. The number of aromatic nitrogens is 1. The minimum absolute atomic E-state index is 0.0496. The third-order valence-electron chi connectivity index (χ3n) is 9.02. The second-order valence-corrected chi connectivity index (χ2v) is 17.4. The molecule has 3 aliphatic rings. The molecular formula is C31H42F3NO4S. The summed E-state index contributed by atoms with van der Waals surface area (Å²) >= 11 is 0. The van der Waals surface area contributed by atoms with Gasteiger partial charge in [-0.1, -0.05) is 46.8 Å². The van der Waals surface area contributed by atoms with Gasteiger partial charge in [0.05, 0.1) is 29.6 Å². The summed E-state index contributed by atoms with van der Waals surface area (Å²) in [6, 6.07) is 5.17. The Bertz CT molecular complexity index is 1260. The van der Waals surface area contributed by atoms with Crippen LogP contribution in [0.3, 0.4) is 0 Å². The first kappa shape index (κ1) is 29.8. The number of pyridine rings is 1. The molecule has 0 amide bonds. The SMILES string of the molecule is CC1(C)Cc2nc(CO)c3c(c2C(OS(C)(C)C(C)(C)C)C1)C1(CCOCC1)OC3c1ccc(C(F)(F)F)cc1. The zero-order valence-electron chi connectivity index (χ0n) is 24.6. The Morgan fingerprint density at radius 3 is 2.23 bits per heavy atom. The van der Waals surface area contributed by atoms with E-state index in [0.717, 1.165) is 47.4 Å². The van der Waals surface area contributed by atoms with Crippen LogP contribution in [-0.4, -0.2) is 40.6 Å². The molecule has 1 spiro atoms. The zero-order valence-corrected chi connectivity index (χ0v) is 25.4. The van der Waals surface area contributed by atoms with Crippen LogP contribution in [0.5, 0.6) is 0 Å². The molecular weight excluding hydrogens is 539 g/mol. The van der Waals surface area contributed by atoms with Crippen molar-refractivity contribution in [1.82, 2.24) is 4.98 Å². The molecule has 1 saturated heterocycles. The maximum absolute atomic E-state index is 13.4. The minimum atomic E-state index is -4.43. The lowest BCUT2D eigenvalue weighted by molar-refractivity contribution is -0.137. The Hall–Kier alpha value is -1.65. The molecule has 2 aliphatic heterocycles. The third kappa shape index (κ3) is 5.21. The van der Waals surface area contributed by atoms with Crippen molar-refractivity contribution in [3.8, 4) is 0 Å². The fourth-order valence-corrected chi connectivity index (χ4v) is 7.27. The fourth-order valence-electron chi connectivity index (χ4n) is 6.23. The number of hydrogen-bond acceptors (Lipinski definition) is 5. The van der Waals surface area contributed by atoms with Crippen LogP contribution in [0.2, 0.25) is 0 Å². The van der Waals surface area contributed by atoms with Gasteiger partial charge in [-0.15, -0.1) is 10.3 Å². The predicted molar refractivity (Wildman–Crippen MR) is 151 cm³/mol. The van der Waals surface area contributed by atoms with Crippen LogP contribution in [0, 0.1) is 5.41 Å². The van der Waals surface area contributed by atoms with Gasteiger partial charge in [-0.25, -0.2) is 0 Å². The highest BCUT2D eigenvalue weighted by Crippen LogP contribution is 2.62. The number of alkyl halides is 3. The van der Waals surface area contributed by atoms with Crippen LogP contribution in [0.4, 0.5) is 13.2 Å². The van der Waals surface area contributed by atoms with Crippen LogP contribution < -0.4 is 0 Å². The van der Waals surface area contributed by atoms with Crippen LogP contribution in [-0.2, 0) is 38.5 Å². The Balaban J connectivity index is 1.73. The van der Waals surface area contributed by atoms with Crippen LogP contribution in [0.15, 0.2) is 24.3 Å². The van der Waals surface area contributed by atoms with Gasteiger partial charge in [0.2, 0.25) is 0 Å². The largest absolute Gasteiger partial charge is 0.416 e. The number of rotatable bonds is 4. The molecule has 1 aliphatic carbocycles. The molecule has 1 fully saturated rings. The van der Waals surface area contributed by atoms with Crippen molar-refractivity contribution in [1.29, 1.82) is 0 Å². The van der Waals surface area contributed by atoms with Gasteiger partial charge >= 0.3 is 6.18 Å². The number of hydrogen-bond donors (Lipinski definition) is 1. The normalized spacial score (nSPS) is 24.6. The maximum Gasteiger partial charge on any atom is 0.416 e. The highest BCUT2D eigenvalue weighted by molar-refractivity contribution is 8.29. The van der Waals surface area contributed by atoms with Crippen molar-refractivity contribution in [2.75, 3.05) is 25.7 Å². The molecule has 9 heteroatoms. The summed E-state index contributed by atoms with van der Waals surface area (Å²) in [6.45, 7) is 11.8. The maximum atomic E-state index is 13.4. The minimum Gasteiger partial charge on any atom is -0.390 e. The molecule has 0 radical (unpaired) electrons. The van der Waals surface area contributed by atoms with E-state index >= 15 is 0 Å². The summed E-state index contributed by atoms with van der Waals surface area (Å²) in [4.78, 5) is 5.04. The third-order valence-corrected chi connectivity index (χ3v) is 12.7. The summed E-state index contributed by atoms with van der Waals surface area (Å²) in [5.74, 6) is 0. The Kier molecular flexibility index (Phi) is 7.44. The van der Waals surface area contributed by atoms with Crippen molar-refractivity contribution in [2.45, 2.75) is 95.6 Å². The molecule has 0 bridgehead atoms. The second kappa shape index (κ2) is 9.97. The number of aliphatic hydroxyl groups excluding tert-OH is 1. The second-order valence-electron chi connectivity index (χ2n) is 13.6. The van der Waals surface area contributed by atoms with E-state index in [-0.39, 0.29) is 22.9 Å². The molecule has 3 heterocycles. The van der Waals surface area contributed by atoms with Crippen LogP contribution in [0.25, 0.3) is 0 Å². The molecule has 5 rings (SSSR count). The van der Waals surface area contributed by atoms with Crippen molar-refractivity contribution >= 4 is 10.3 Å². The number of aliphatic hydroxyl groups is 1. The standard InChI is InChI=1S/C31H42F3NO4S/c1-28(2,3)40(6,7)39-23-17-29(4,5)16-21-24(23)26-25(22(18-36)35-21)27(38-30(26)12-14-37-15-13-30)19-8-10-20(11-9-19)31(32,33)34/h8-11,23,27,36H,12-18H2,1-7H3. The lowest BCUT2D eigenvalue weighted by Gasteiger charge is -2.49. The van der Waals surface area contributed by atoms with Crippen molar-refractivity contribution in [2.24, 2.45) is 5.41 Å². The summed E-state index contributed by atoms with van der Waals surface area (Å²) in [6.07, 6.45) is 1.91. The average molecular weight is 582 g/mol. The van der Waals surface area contributed by atoms with E-state index in [9.17, 15) is 18.3 Å². The van der Waals surface area contributed by atoms with Gasteiger partial charge in [-0.05, 0) is 54.0 Å². The smallest absolute Gasteiger partial charge is 0.390 e. The van der Waals surface area contributed by atoms with Crippen molar-refractivity contribution in [3.05, 3.63) is 63.5 Å². The van der Waals surface area contributed by atoms with Crippen molar-refractivity contribution < 1.29 is 31.9 Å². The molecule has 40 heavy (non-hydrogen) atoms. The zero-order chi connectivity index (χ0) is 29.3. The van der Waals surface area contributed by atoms with Crippen LogP contribution in [0.1, 0.15) is 105 Å². The highest BCUT2D eigenvalue weighted by Gasteiger charge is 2.53. The van der Waals surface area contributed by atoms with E-state index in [2.05, 4.69) is 47.1 Å². The van der Waals surface area contributed by atoms with E-state index in [1.165, 1.54) is 12.1 Å². The average Bonchev–Trinajstić information content (AvgIpc) is 3.16. The molecule has 1 aromatic heterocycles. The Morgan fingerprint density at radius 2 is 1.68 bits per heavy atom. The fraction of sp³-hybridized carbons (Fsp3) is 0.645. The van der Waals surface area contributed by atoms with E-state index < -0.39 is 33.8 Å². The first-order valence-corrected chi connectivity index (χ1v) is 16.4. The molecule has 2 aromatic rings. The van der Waals surface area contributed by atoms with Gasteiger partial charge in [-0.3, -0.25) is 4.98 Å². The number of fused-ring (bicyclic) bond motifs is 4. The molecule has 0 saturated carbocycles. The molecule has 222 valence electrons. The van der Waals surface area contributed by atoms with E-state index in [0.29, 0.717) is 37.3 Å². The predicted octanol–water partition coefficient (Wildman–Crippen LogP) is 7.53. The van der Waals surface area contributed by atoms with E-state index in [4.69, 9.17) is 18.6 Å². The quantitative estimate of drug-likeness (QED) is 0.405. The number of ether oxygens (including phenoxy) is 2. The van der Waals surface area contributed by atoms with Gasteiger partial charge in [0.15, 0.2) is 0 Å². The molecule has 2 atom stereocenters. The Labute approximate surface area is 237 Å². The summed E-state index contributed by atoms with van der Waals surface area (Å²) < 4.78 is 59.8. The lowest BCUT2D eigenvalue weighted by Crippen LogP contribution is -2.38.